The van der Waals surface area contributed by atoms with E-state index in [0.29, 0.717) is 13.0 Å². The summed E-state index contributed by atoms with van der Waals surface area (Å²) in [7, 11) is 0. The third-order valence-electron chi connectivity index (χ3n) is 2.96. The zero-order valence-corrected chi connectivity index (χ0v) is 11.5. The van der Waals surface area contributed by atoms with E-state index < -0.39 is 0 Å². The van der Waals surface area contributed by atoms with Gasteiger partial charge in [-0.1, -0.05) is 54.6 Å². The van der Waals surface area contributed by atoms with Crippen LogP contribution in [0.15, 0.2) is 60.7 Å². The zero-order chi connectivity index (χ0) is 14.0. The van der Waals surface area contributed by atoms with Gasteiger partial charge in [0.1, 0.15) is 5.75 Å². The SMILES string of the molecule is OCCc1cccc(/C=C/CCOc2ccccc2)c1. The molecule has 1 N–H and O–H groups in total. The Morgan fingerprint density at radius 3 is 2.65 bits per heavy atom. The quantitative estimate of drug-likeness (QED) is 0.776. The molecule has 0 saturated carbocycles. The van der Waals surface area contributed by atoms with Crippen molar-refractivity contribution in [1.82, 2.24) is 0 Å². The summed E-state index contributed by atoms with van der Waals surface area (Å²) in [5, 5.41) is 8.93. The first-order valence-electron chi connectivity index (χ1n) is 6.92. The number of hydrogen-bond donors (Lipinski definition) is 1. The molecule has 0 fully saturated rings. The monoisotopic (exact) mass is 268 g/mol. The highest BCUT2D eigenvalue weighted by atomic mass is 16.5. The molecule has 0 bridgehead atoms. The fourth-order valence-electron chi connectivity index (χ4n) is 1.96. The average Bonchev–Trinajstić information content (AvgIpc) is 2.49. The molecule has 2 rings (SSSR count). The number of benzene rings is 2. The minimum atomic E-state index is 0.193. The molecule has 0 heterocycles. The van der Waals surface area contributed by atoms with Gasteiger partial charge in [-0.3, -0.25) is 0 Å². The molecule has 0 aliphatic carbocycles. The number of rotatable bonds is 7. The second kappa shape index (κ2) is 8.18. The molecule has 2 nitrogen and oxygen atoms in total. The molecule has 0 aliphatic heterocycles. The van der Waals surface area contributed by atoms with Crippen molar-refractivity contribution in [3.05, 3.63) is 71.8 Å². The lowest BCUT2D eigenvalue weighted by Gasteiger charge is -2.03. The number of hydrogen-bond acceptors (Lipinski definition) is 2. The maximum atomic E-state index is 8.93. The fraction of sp³-hybridized carbons (Fsp3) is 0.222. The number of aliphatic hydroxyl groups is 1. The molecule has 0 amide bonds. The molecule has 2 heteroatoms. The molecule has 0 spiro atoms. The van der Waals surface area contributed by atoms with Gasteiger partial charge in [0.05, 0.1) is 6.61 Å². The molecule has 0 radical (unpaired) electrons. The number of para-hydroxylation sites is 1. The highest BCUT2D eigenvalue weighted by Gasteiger charge is 1.93. The van der Waals surface area contributed by atoms with Crippen LogP contribution in [0.5, 0.6) is 5.75 Å². The van der Waals surface area contributed by atoms with Gasteiger partial charge in [0.15, 0.2) is 0 Å². The van der Waals surface area contributed by atoms with Crippen molar-refractivity contribution in [3.8, 4) is 5.75 Å². The zero-order valence-electron chi connectivity index (χ0n) is 11.5. The first-order chi connectivity index (χ1) is 9.88. The van der Waals surface area contributed by atoms with Gasteiger partial charge in [-0.25, -0.2) is 0 Å². The van der Waals surface area contributed by atoms with Crippen molar-refractivity contribution in [3.63, 3.8) is 0 Å². The van der Waals surface area contributed by atoms with Gasteiger partial charge in [0.2, 0.25) is 0 Å². The predicted molar refractivity (Wildman–Crippen MR) is 82.8 cm³/mol. The summed E-state index contributed by atoms with van der Waals surface area (Å²) < 4.78 is 5.62. The van der Waals surface area contributed by atoms with Crippen LogP contribution in [-0.4, -0.2) is 18.3 Å². The summed E-state index contributed by atoms with van der Waals surface area (Å²) in [6.45, 7) is 0.870. The maximum absolute atomic E-state index is 8.93. The van der Waals surface area contributed by atoms with E-state index in [-0.39, 0.29) is 6.61 Å². The lowest BCUT2D eigenvalue weighted by atomic mass is 10.1. The molecule has 0 aliphatic rings. The Balaban J connectivity index is 1.77. The summed E-state index contributed by atoms with van der Waals surface area (Å²) in [5.41, 5.74) is 2.32. The molecule has 2 aromatic carbocycles. The highest BCUT2D eigenvalue weighted by Crippen LogP contribution is 2.10. The van der Waals surface area contributed by atoms with Crippen molar-refractivity contribution in [2.45, 2.75) is 12.8 Å². The number of ether oxygens (including phenoxy) is 1. The van der Waals surface area contributed by atoms with Crippen LogP contribution in [0.2, 0.25) is 0 Å². The van der Waals surface area contributed by atoms with Crippen LogP contribution in [0.1, 0.15) is 17.5 Å². The predicted octanol–water partition coefficient (Wildman–Crippen LogP) is 3.70. The van der Waals surface area contributed by atoms with Crippen molar-refractivity contribution < 1.29 is 9.84 Å². The van der Waals surface area contributed by atoms with E-state index in [1.54, 1.807) is 0 Å². The van der Waals surface area contributed by atoms with Crippen LogP contribution in [0.4, 0.5) is 0 Å². The minimum Gasteiger partial charge on any atom is -0.493 e. The standard InChI is InChI=1S/C18H20O2/c19-13-12-17-9-6-8-16(15-17)7-4-5-14-20-18-10-2-1-3-11-18/h1-4,6-11,15,19H,5,12-14H2/b7-4+. The Morgan fingerprint density at radius 1 is 1.00 bits per heavy atom. The molecule has 0 aromatic heterocycles. The van der Waals surface area contributed by atoms with Gasteiger partial charge in [0.25, 0.3) is 0 Å². The van der Waals surface area contributed by atoms with Crippen LogP contribution in [0.3, 0.4) is 0 Å². The summed E-state index contributed by atoms with van der Waals surface area (Å²) in [5.74, 6) is 0.908. The Labute approximate surface area is 120 Å². The minimum absolute atomic E-state index is 0.193. The molecule has 0 unspecified atom stereocenters. The van der Waals surface area contributed by atoms with Gasteiger partial charge in [-0.2, -0.15) is 0 Å². The van der Waals surface area contributed by atoms with Gasteiger partial charge >= 0.3 is 0 Å². The van der Waals surface area contributed by atoms with Crippen LogP contribution >= 0.6 is 0 Å². The smallest absolute Gasteiger partial charge is 0.119 e. The molecule has 20 heavy (non-hydrogen) atoms. The van der Waals surface area contributed by atoms with Crippen molar-refractivity contribution >= 4 is 6.08 Å². The fourth-order valence-corrected chi connectivity index (χ4v) is 1.96. The maximum Gasteiger partial charge on any atom is 0.119 e. The van der Waals surface area contributed by atoms with Gasteiger partial charge in [0, 0.05) is 6.61 Å². The molecule has 0 saturated heterocycles. The Bertz CT molecular complexity index is 532. The second-order valence-electron chi connectivity index (χ2n) is 4.57. The number of aliphatic hydroxyl groups excluding tert-OH is 1. The summed E-state index contributed by atoms with van der Waals surface area (Å²) in [4.78, 5) is 0. The van der Waals surface area contributed by atoms with Crippen molar-refractivity contribution in [2.24, 2.45) is 0 Å². The first-order valence-corrected chi connectivity index (χ1v) is 6.92. The molecular formula is C18H20O2. The van der Waals surface area contributed by atoms with Crippen LogP contribution in [0.25, 0.3) is 6.08 Å². The lowest BCUT2D eigenvalue weighted by Crippen LogP contribution is -1.94. The molecule has 104 valence electrons. The Morgan fingerprint density at radius 2 is 1.85 bits per heavy atom. The Kier molecular flexibility index (Phi) is 5.87. The van der Waals surface area contributed by atoms with Gasteiger partial charge < -0.3 is 9.84 Å². The normalized spacial score (nSPS) is 10.8. The van der Waals surface area contributed by atoms with Crippen molar-refractivity contribution in [2.75, 3.05) is 13.2 Å². The van der Waals surface area contributed by atoms with E-state index in [2.05, 4.69) is 24.3 Å². The van der Waals surface area contributed by atoms with Crippen LogP contribution < -0.4 is 4.74 Å². The van der Waals surface area contributed by atoms with E-state index in [0.717, 1.165) is 23.3 Å². The third-order valence-corrected chi connectivity index (χ3v) is 2.96. The average molecular weight is 268 g/mol. The summed E-state index contributed by atoms with van der Waals surface area (Å²) in [6, 6.07) is 18.1. The van der Waals surface area contributed by atoms with E-state index in [9.17, 15) is 0 Å². The molecule has 0 atom stereocenters. The largest absolute Gasteiger partial charge is 0.493 e. The molecular weight excluding hydrogens is 248 g/mol. The van der Waals surface area contributed by atoms with Gasteiger partial charge in [-0.05, 0) is 36.1 Å². The third kappa shape index (κ3) is 4.90. The van der Waals surface area contributed by atoms with E-state index >= 15 is 0 Å². The van der Waals surface area contributed by atoms with Crippen LogP contribution in [0, 0.1) is 0 Å². The Hall–Kier alpha value is -2.06. The van der Waals surface area contributed by atoms with Gasteiger partial charge in [-0.15, -0.1) is 0 Å². The molecule has 2 aromatic rings. The van der Waals surface area contributed by atoms with Crippen molar-refractivity contribution in [1.29, 1.82) is 0 Å². The summed E-state index contributed by atoms with van der Waals surface area (Å²) >= 11 is 0. The lowest BCUT2D eigenvalue weighted by molar-refractivity contribution is 0.299. The van der Waals surface area contributed by atoms with E-state index in [1.165, 1.54) is 0 Å². The first kappa shape index (κ1) is 14.4. The second-order valence-corrected chi connectivity index (χ2v) is 4.57. The van der Waals surface area contributed by atoms with Crippen LogP contribution in [-0.2, 0) is 6.42 Å². The van der Waals surface area contributed by atoms with E-state index in [1.807, 2.05) is 42.5 Å². The highest BCUT2D eigenvalue weighted by molar-refractivity contribution is 5.50. The topological polar surface area (TPSA) is 29.5 Å². The van der Waals surface area contributed by atoms with E-state index in [4.69, 9.17) is 9.84 Å². The summed E-state index contributed by atoms with van der Waals surface area (Å²) in [6.07, 6.45) is 5.79.